The molecule has 0 fully saturated rings. The monoisotopic (exact) mass is 366 g/mol. The first-order valence-electron chi connectivity index (χ1n) is 8.85. The lowest BCUT2D eigenvalue weighted by Crippen LogP contribution is -2.11. The number of aromatic nitrogens is 1. The highest BCUT2D eigenvalue weighted by atomic mass is 32.1. The lowest BCUT2D eigenvalue weighted by Gasteiger charge is -2.24. The van der Waals surface area contributed by atoms with Crippen molar-refractivity contribution in [2.45, 2.75) is 39.5 Å². The van der Waals surface area contributed by atoms with E-state index in [9.17, 15) is 4.79 Å². The van der Waals surface area contributed by atoms with Gasteiger partial charge in [0.2, 0.25) is 0 Å². The molecule has 4 rings (SSSR count). The fraction of sp³-hybridized carbons (Fsp3) is 0.333. The summed E-state index contributed by atoms with van der Waals surface area (Å²) in [4.78, 5) is 18.4. The molecular weight excluding hydrogens is 344 g/mol. The molecule has 26 heavy (non-hydrogen) atoms. The number of nitrogen functional groups attached to an aromatic ring is 1. The van der Waals surface area contributed by atoms with Crippen LogP contribution in [0, 0.1) is 0 Å². The first-order chi connectivity index (χ1) is 12.4. The van der Waals surface area contributed by atoms with Gasteiger partial charge in [0, 0.05) is 17.9 Å². The lowest BCUT2D eigenvalue weighted by atomic mass is 9.82. The molecular formula is C21H22N2O2S. The van der Waals surface area contributed by atoms with Crippen molar-refractivity contribution in [2.75, 3.05) is 12.8 Å². The van der Waals surface area contributed by atoms with Crippen LogP contribution in [0.25, 0.3) is 21.5 Å². The molecule has 4 nitrogen and oxygen atoms in total. The maximum atomic E-state index is 12.0. The molecule has 0 saturated carbocycles. The van der Waals surface area contributed by atoms with Gasteiger partial charge in [-0.25, -0.2) is 4.98 Å². The molecule has 1 aromatic carbocycles. The Morgan fingerprint density at radius 3 is 2.73 bits per heavy atom. The molecule has 2 heterocycles. The number of hydrogen-bond acceptors (Lipinski definition) is 5. The van der Waals surface area contributed by atoms with Crippen LogP contribution in [-0.2, 0) is 12.8 Å². The quantitative estimate of drug-likeness (QED) is 0.664. The number of rotatable bonds is 3. The Balaban J connectivity index is 2.07. The van der Waals surface area contributed by atoms with Crippen LogP contribution in [0.5, 0.6) is 5.75 Å². The minimum atomic E-state index is 0.00307. The van der Waals surface area contributed by atoms with Crippen LogP contribution in [0.1, 0.15) is 53.1 Å². The van der Waals surface area contributed by atoms with E-state index in [0.29, 0.717) is 16.5 Å². The summed E-state index contributed by atoms with van der Waals surface area (Å²) < 4.78 is 5.37. The number of benzene rings is 1. The van der Waals surface area contributed by atoms with Crippen LogP contribution >= 0.6 is 11.3 Å². The molecule has 0 amide bonds. The van der Waals surface area contributed by atoms with E-state index in [2.05, 4.69) is 26.0 Å². The third-order valence-electron chi connectivity index (χ3n) is 5.13. The summed E-state index contributed by atoms with van der Waals surface area (Å²) in [6.07, 6.45) is 1.88. The average molecular weight is 366 g/mol. The van der Waals surface area contributed by atoms with Gasteiger partial charge in [0.1, 0.15) is 10.6 Å². The number of Topliss-reactive ketones (excluding diaryl/α,β-unsaturated/α-hetero) is 1. The van der Waals surface area contributed by atoms with Crippen LogP contribution in [-0.4, -0.2) is 17.9 Å². The average Bonchev–Trinajstić information content (AvgIpc) is 2.95. The molecule has 0 bridgehead atoms. The predicted octanol–water partition coefficient (Wildman–Crippen LogP) is 4.98. The van der Waals surface area contributed by atoms with E-state index in [1.165, 1.54) is 28.0 Å². The zero-order valence-corrected chi connectivity index (χ0v) is 16.3. The van der Waals surface area contributed by atoms with Crippen molar-refractivity contribution in [3.05, 3.63) is 39.8 Å². The second-order valence-corrected chi connectivity index (χ2v) is 8.11. The van der Waals surface area contributed by atoms with Gasteiger partial charge in [0.25, 0.3) is 0 Å². The number of ether oxygens (including phenoxy) is 1. The number of fused-ring (bicyclic) bond motifs is 4. The van der Waals surface area contributed by atoms with Gasteiger partial charge >= 0.3 is 0 Å². The van der Waals surface area contributed by atoms with E-state index < -0.39 is 0 Å². The minimum absolute atomic E-state index is 0.00307. The highest BCUT2D eigenvalue weighted by Gasteiger charge is 2.27. The summed E-state index contributed by atoms with van der Waals surface area (Å²) >= 11 is 1.41. The standard InChI is InChI=1S/C21H22N2O2S/c1-10(2)16-15-7-5-12-9-13(25-4)6-8-14(12)19(15)23-21-17(16)18(22)20(26-21)11(3)24/h6,8-10H,5,7,22H2,1-4H3. The molecule has 0 saturated heterocycles. The van der Waals surface area contributed by atoms with Gasteiger partial charge in [-0.2, -0.15) is 0 Å². The highest BCUT2D eigenvalue weighted by Crippen LogP contribution is 2.45. The molecule has 134 valence electrons. The number of thiophene rings is 1. The van der Waals surface area contributed by atoms with Crippen molar-refractivity contribution < 1.29 is 9.53 Å². The summed E-state index contributed by atoms with van der Waals surface area (Å²) in [6, 6.07) is 6.18. The molecule has 3 aromatic rings. The maximum Gasteiger partial charge on any atom is 0.171 e. The van der Waals surface area contributed by atoms with E-state index in [0.717, 1.165) is 40.1 Å². The Bertz CT molecular complexity index is 1050. The number of nitrogens with zero attached hydrogens (tertiary/aromatic N) is 1. The molecule has 2 aromatic heterocycles. The molecule has 0 atom stereocenters. The van der Waals surface area contributed by atoms with Gasteiger partial charge in [0.05, 0.1) is 23.4 Å². The molecule has 0 aliphatic heterocycles. The van der Waals surface area contributed by atoms with Crippen molar-refractivity contribution in [2.24, 2.45) is 0 Å². The Kier molecular flexibility index (Phi) is 3.99. The summed E-state index contributed by atoms with van der Waals surface area (Å²) in [5, 5.41) is 0.978. The summed E-state index contributed by atoms with van der Waals surface area (Å²) in [5.74, 6) is 1.19. The Morgan fingerprint density at radius 2 is 2.08 bits per heavy atom. The number of aryl methyl sites for hydroxylation is 1. The third kappa shape index (κ3) is 2.42. The number of anilines is 1. The zero-order valence-electron chi connectivity index (χ0n) is 15.5. The van der Waals surface area contributed by atoms with Crippen molar-refractivity contribution in [3.63, 3.8) is 0 Å². The number of carbonyl (C=O) groups excluding carboxylic acids is 1. The van der Waals surface area contributed by atoms with Crippen LogP contribution in [0.3, 0.4) is 0 Å². The Labute approximate surface area is 157 Å². The number of hydrogen-bond donors (Lipinski definition) is 1. The number of nitrogens with two attached hydrogens (primary N) is 1. The fourth-order valence-electron chi connectivity index (χ4n) is 3.99. The Hall–Kier alpha value is -2.40. The summed E-state index contributed by atoms with van der Waals surface area (Å²) in [7, 11) is 1.69. The van der Waals surface area contributed by atoms with Gasteiger partial charge in [-0.1, -0.05) is 13.8 Å². The molecule has 0 unspecified atom stereocenters. The van der Waals surface area contributed by atoms with Gasteiger partial charge in [-0.05, 0) is 53.6 Å². The van der Waals surface area contributed by atoms with E-state index in [1.807, 2.05) is 6.07 Å². The topological polar surface area (TPSA) is 65.2 Å². The van der Waals surface area contributed by atoms with Crippen molar-refractivity contribution in [3.8, 4) is 17.0 Å². The van der Waals surface area contributed by atoms with Crippen molar-refractivity contribution >= 4 is 33.0 Å². The fourth-order valence-corrected chi connectivity index (χ4v) is 4.99. The second kappa shape index (κ2) is 6.09. The minimum Gasteiger partial charge on any atom is -0.497 e. The maximum absolute atomic E-state index is 12.0. The normalized spacial score (nSPS) is 13.0. The molecule has 0 spiro atoms. The first kappa shape index (κ1) is 17.0. The first-order valence-corrected chi connectivity index (χ1v) is 9.67. The largest absolute Gasteiger partial charge is 0.497 e. The predicted molar refractivity (Wildman–Crippen MR) is 108 cm³/mol. The van der Waals surface area contributed by atoms with Crippen LogP contribution in [0.15, 0.2) is 18.2 Å². The van der Waals surface area contributed by atoms with Gasteiger partial charge in [-0.3, -0.25) is 4.79 Å². The Morgan fingerprint density at radius 1 is 1.31 bits per heavy atom. The summed E-state index contributed by atoms with van der Waals surface area (Å²) in [6.45, 7) is 5.93. The van der Waals surface area contributed by atoms with E-state index in [1.54, 1.807) is 14.0 Å². The van der Waals surface area contributed by atoms with Crippen LogP contribution in [0.2, 0.25) is 0 Å². The number of carbonyl (C=O) groups is 1. The van der Waals surface area contributed by atoms with Crippen LogP contribution < -0.4 is 10.5 Å². The zero-order chi connectivity index (χ0) is 18.6. The van der Waals surface area contributed by atoms with Crippen molar-refractivity contribution in [1.82, 2.24) is 4.98 Å². The van der Waals surface area contributed by atoms with Crippen LogP contribution in [0.4, 0.5) is 5.69 Å². The molecule has 5 heteroatoms. The van der Waals surface area contributed by atoms with Gasteiger partial charge in [-0.15, -0.1) is 11.3 Å². The third-order valence-corrected chi connectivity index (χ3v) is 6.33. The van der Waals surface area contributed by atoms with E-state index >= 15 is 0 Å². The van der Waals surface area contributed by atoms with E-state index in [-0.39, 0.29) is 5.78 Å². The SMILES string of the molecule is COc1ccc2c(c1)CCc1c-2nc2sc(C(C)=O)c(N)c2c1C(C)C. The number of ketones is 1. The van der Waals surface area contributed by atoms with Gasteiger partial charge < -0.3 is 10.5 Å². The second-order valence-electron chi connectivity index (χ2n) is 7.11. The van der Waals surface area contributed by atoms with Crippen molar-refractivity contribution in [1.29, 1.82) is 0 Å². The molecule has 2 N–H and O–H groups in total. The molecule has 1 aliphatic carbocycles. The smallest absolute Gasteiger partial charge is 0.171 e. The molecule has 1 aliphatic rings. The molecule has 0 radical (unpaired) electrons. The highest BCUT2D eigenvalue weighted by molar-refractivity contribution is 7.21. The lowest BCUT2D eigenvalue weighted by molar-refractivity contribution is 0.102. The number of methoxy groups -OCH3 is 1. The number of pyridine rings is 1. The van der Waals surface area contributed by atoms with E-state index in [4.69, 9.17) is 15.5 Å². The summed E-state index contributed by atoms with van der Waals surface area (Å²) in [5.41, 5.74) is 12.9. The van der Waals surface area contributed by atoms with Gasteiger partial charge in [0.15, 0.2) is 5.78 Å².